The van der Waals surface area contributed by atoms with Gasteiger partial charge in [-0.05, 0) is 89.9 Å². The molecule has 0 heterocycles. The number of hydrogen-bond acceptors (Lipinski definition) is 6. The molecule has 1 atom stereocenters. The number of ether oxygens (including phenoxy) is 3. The first-order chi connectivity index (χ1) is 33.0. The Morgan fingerprint density at radius 1 is 0.299 bits per heavy atom. The normalized spacial score (nSPS) is 12.5. The quantitative estimate of drug-likeness (QED) is 0.0262. The molecule has 0 aromatic heterocycles. The van der Waals surface area contributed by atoms with Gasteiger partial charge in [-0.3, -0.25) is 14.4 Å². The highest BCUT2D eigenvalue weighted by Crippen LogP contribution is 2.16. The smallest absolute Gasteiger partial charge is 0.306 e. The molecule has 388 valence electrons. The van der Waals surface area contributed by atoms with Crippen molar-refractivity contribution in [3.63, 3.8) is 0 Å². The van der Waals surface area contributed by atoms with Crippen LogP contribution in [0.25, 0.3) is 0 Å². The van der Waals surface area contributed by atoms with E-state index >= 15 is 0 Å². The van der Waals surface area contributed by atoms with Gasteiger partial charge in [0.1, 0.15) is 13.2 Å². The van der Waals surface area contributed by atoms with Gasteiger partial charge in [-0.15, -0.1) is 0 Å². The van der Waals surface area contributed by atoms with E-state index in [1.165, 1.54) is 173 Å². The van der Waals surface area contributed by atoms with E-state index in [4.69, 9.17) is 14.2 Å². The summed E-state index contributed by atoms with van der Waals surface area (Å²) in [6.07, 6.45) is 69.2. The Bertz CT molecular complexity index is 1210. The summed E-state index contributed by atoms with van der Waals surface area (Å²) in [7, 11) is 0. The predicted octanol–water partition coefficient (Wildman–Crippen LogP) is 19.2. The van der Waals surface area contributed by atoms with Gasteiger partial charge in [-0.25, -0.2) is 0 Å². The number of carbonyl (C=O) groups excluding carboxylic acids is 3. The molecule has 0 N–H and O–H groups in total. The van der Waals surface area contributed by atoms with Gasteiger partial charge in [0.2, 0.25) is 0 Å². The zero-order valence-corrected chi connectivity index (χ0v) is 44.4. The maximum Gasteiger partial charge on any atom is 0.306 e. The summed E-state index contributed by atoms with van der Waals surface area (Å²) in [5.41, 5.74) is 0. The Hall–Kier alpha value is -2.89. The van der Waals surface area contributed by atoms with E-state index in [9.17, 15) is 14.4 Å². The van der Waals surface area contributed by atoms with Crippen molar-refractivity contribution in [2.45, 2.75) is 297 Å². The second-order valence-corrected chi connectivity index (χ2v) is 19.2. The van der Waals surface area contributed by atoms with Gasteiger partial charge in [0.15, 0.2) is 6.10 Å². The number of esters is 3. The molecule has 0 aliphatic heterocycles. The van der Waals surface area contributed by atoms with Crippen LogP contribution in [0.3, 0.4) is 0 Å². The third-order valence-electron chi connectivity index (χ3n) is 12.5. The third kappa shape index (κ3) is 53.9. The molecule has 6 nitrogen and oxygen atoms in total. The summed E-state index contributed by atoms with van der Waals surface area (Å²) < 4.78 is 16.8. The summed E-state index contributed by atoms with van der Waals surface area (Å²) >= 11 is 0. The van der Waals surface area contributed by atoms with Crippen LogP contribution in [0.15, 0.2) is 60.8 Å². The molecule has 0 aromatic carbocycles. The lowest BCUT2D eigenvalue weighted by Gasteiger charge is -2.18. The van der Waals surface area contributed by atoms with Gasteiger partial charge < -0.3 is 14.2 Å². The number of allylic oxidation sites excluding steroid dienone is 10. The second kappa shape index (κ2) is 55.7. The minimum absolute atomic E-state index is 0.0882. The molecule has 0 radical (unpaired) electrons. The highest BCUT2D eigenvalue weighted by molar-refractivity contribution is 5.71. The molecule has 0 rings (SSSR count). The van der Waals surface area contributed by atoms with Crippen molar-refractivity contribution in [1.29, 1.82) is 0 Å². The number of rotatable bonds is 52. The monoisotopic (exact) mass is 937 g/mol. The van der Waals surface area contributed by atoms with Crippen molar-refractivity contribution < 1.29 is 28.6 Å². The molecule has 0 saturated heterocycles. The minimum atomic E-state index is -0.794. The van der Waals surface area contributed by atoms with Crippen molar-refractivity contribution in [3.8, 4) is 0 Å². The maximum atomic E-state index is 12.8. The van der Waals surface area contributed by atoms with Gasteiger partial charge in [0, 0.05) is 19.3 Å². The summed E-state index contributed by atoms with van der Waals surface area (Å²) in [6.45, 7) is 6.58. The first-order valence-electron chi connectivity index (χ1n) is 28.8. The van der Waals surface area contributed by atoms with Crippen LogP contribution in [-0.2, 0) is 28.6 Å². The molecular formula is C61H108O6. The Balaban J connectivity index is 4.40. The molecule has 0 bridgehead atoms. The average Bonchev–Trinajstić information content (AvgIpc) is 3.33. The van der Waals surface area contributed by atoms with Crippen LogP contribution in [-0.4, -0.2) is 37.2 Å². The topological polar surface area (TPSA) is 78.9 Å². The zero-order chi connectivity index (χ0) is 48.6. The molecule has 6 heteroatoms. The Morgan fingerprint density at radius 2 is 0.537 bits per heavy atom. The lowest BCUT2D eigenvalue weighted by atomic mass is 10.0. The van der Waals surface area contributed by atoms with Crippen LogP contribution in [0.1, 0.15) is 290 Å². The Kier molecular flexibility index (Phi) is 53.3. The minimum Gasteiger partial charge on any atom is -0.462 e. The Morgan fingerprint density at radius 3 is 0.896 bits per heavy atom. The summed E-state index contributed by atoms with van der Waals surface area (Å²) in [5.74, 6) is -0.920. The van der Waals surface area contributed by atoms with E-state index in [2.05, 4.69) is 81.5 Å². The first-order valence-corrected chi connectivity index (χ1v) is 28.8. The van der Waals surface area contributed by atoms with E-state index in [1.54, 1.807) is 0 Å². The lowest BCUT2D eigenvalue weighted by Crippen LogP contribution is -2.30. The zero-order valence-electron chi connectivity index (χ0n) is 44.4. The number of unbranched alkanes of at least 4 members (excludes halogenated alkanes) is 31. The van der Waals surface area contributed by atoms with E-state index in [0.717, 1.165) is 70.6 Å². The van der Waals surface area contributed by atoms with Crippen LogP contribution in [0.5, 0.6) is 0 Å². The summed E-state index contributed by atoms with van der Waals surface area (Å²) in [6, 6.07) is 0. The second-order valence-electron chi connectivity index (χ2n) is 19.2. The van der Waals surface area contributed by atoms with E-state index in [-0.39, 0.29) is 37.5 Å². The standard InChI is InChI=1S/C61H108O6/c1-4-7-10-13-16-19-22-25-28-29-30-31-34-36-39-42-45-48-51-54-60(63)66-57-58(67-61(64)55-52-49-46-43-40-37-33-27-24-21-18-15-12-9-6-3)56-65-59(62)53-50-47-44-41-38-35-32-26-23-20-17-14-11-8-5-2/h16,18-19,21,25,27-28,33,40,43,58H,4-15,17,20,22-24,26,29-32,34-39,41-42,44-57H2,1-3H3/b19-16-,21-18-,28-25-,33-27-,43-40-/t58-/m1/s1. The number of carbonyl (C=O) groups is 3. The van der Waals surface area contributed by atoms with E-state index in [0.29, 0.717) is 19.3 Å². The Labute approximate surface area is 415 Å². The molecule has 0 aliphatic rings. The van der Waals surface area contributed by atoms with Crippen LogP contribution in [0.4, 0.5) is 0 Å². The molecule has 67 heavy (non-hydrogen) atoms. The fourth-order valence-corrected chi connectivity index (χ4v) is 8.13. The van der Waals surface area contributed by atoms with Crippen molar-refractivity contribution in [2.75, 3.05) is 13.2 Å². The predicted molar refractivity (Wildman–Crippen MR) is 288 cm³/mol. The fourth-order valence-electron chi connectivity index (χ4n) is 8.13. The molecule has 0 unspecified atom stereocenters. The van der Waals surface area contributed by atoms with Gasteiger partial charge >= 0.3 is 17.9 Å². The number of hydrogen-bond donors (Lipinski definition) is 0. The third-order valence-corrected chi connectivity index (χ3v) is 12.5. The average molecular weight is 938 g/mol. The van der Waals surface area contributed by atoms with Gasteiger partial charge in [0.25, 0.3) is 0 Å². The van der Waals surface area contributed by atoms with Crippen molar-refractivity contribution >= 4 is 17.9 Å². The highest BCUT2D eigenvalue weighted by atomic mass is 16.6. The molecule has 0 aliphatic carbocycles. The van der Waals surface area contributed by atoms with Crippen LogP contribution < -0.4 is 0 Å². The van der Waals surface area contributed by atoms with Gasteiger partial charge in [-0.2, -0.15) is 0 Å². The van der Waals surface area contributed by atoms with E-state index in [1.807, 2.05) is 0 Å². The highest BCUT2D eigenvalue weighted by Gasteiger charge is 2.19. The van der Waals surface area contributed by atoms with Crippen molar-refractivity contribution in [2.24, 2.45) is 0 Å². The molecular weight excluding hydrogens is 829 g/mol. The molecule has 0 saturated carbocycles. The summed E-state index contributed by atoms with van der Waals surface area (Å²) in [4.78, 5) is 38.1. The van der Waals surface area contributed by atoms with E-state index < -0.39 is 6.10 Å². The largest absolute Gasteiger partial charge is 0.462 e. The molecule has 0 spiro atoms. The van der Waals surface area contributed by atoms with Crippen LogP contribution >= 0.6 is 0 Å². The van der Waals surface area contributed by atoms with Crippen molar-refractivity contribution in [3.05, 3.63) is 60.8 Å². The first kappa shape index (κ1) is 64.1. The molecule has 0 fully saturated rings. The lowest BCUT2D eigenvalue weighted by molar-refractivity contribution is -0.167. The summed E-state index contributed by atoms with van der Waals surface area (Å²) in [5, 5.41) is 0. The van der Waals surface area contributed by atoms with Gasteiger partial charge in [0.05, 0.1) is 0 Å². The molecule has 0 aromatic rings. The maximum absolute atomic E-state index is 12.8. The molecule has 0 amide bonds. The fraction of sp³-hybridized carbons (Fsp3) is 0.787. The SMILES string of the molecule is CCCCC/C=C\C/C=C\C/C=C\CCCCC(=O)O[C@@H](COC(=O)CCCCCCCCCCC/C=C\C/C=C\CCCCC)COC(=O)CCCCCCCCCCCCCCCCC. The van der Waals surface area contributed by atoms with Crippen molar-refractivity contribution in [1.82, 2.24) is 0 Å². The van der Waals surface area contributed by atoms with Crippen LogP contribution in [0, 0.1) is 0 Å². The van der Waals surface area contributed by atoms with Gasteiger partial charge in [-0.1, -0.05) is 242 Å². The van der Waals surface area contributed by atoms with Crippen LogP contribution in [0.2, 0.25) is 0 Å².